The van der Waals surface area contributed by atoms with E-state index >= 15 is 0 Å². The number of hydrogen-bond acceptors (Lipinski definition) is 6. The van der Waals surface area contributed by atoms with Crippen LogP contribution in [0.4, 0.5) is 17.6 Å². The lowest BCUT2D eigenvalue weighted by Gasteiger charge is -2.19. The number of halogens is 4. The maximum Gasteiger partial charge on any atom is 0.425 e. The highest BCUT2D eigenvalue weighted by Gasteiger charge is 2.38. The molecule has 0 saturated carbocycles. The van der Waals surface area contributed by atoms with Crippen molar-refractivity contribution < 1.29 is 36.9 Å². The van der Waals surface area contributed by atoms with Crippen LogP contribution in [0, 0.1) is 0 Å². The maximum absolute atomic E-state index is 12.8. The Morgan fingerprint density at radius 1 is 1.38 bits per heavy atom. The summed E-state index contributed by atoms with van der Waals surface area (Å²) in [6.07, 6.45) is -6.77. The number of methoxy groups -OCH3 is 1. The van der Waals surface area contributed by atoms with Crippen LogP contribution in [-0.4, -0.2) is 45.2 Å². The normalized spacial score (nSPS) is 12.7. The zero-order valence-corrected chi connectivity index (χ0v) is 13.7. The molecule has 1 heterocycles. The third kappa shape index (κ3) is 4.10. The van der Waals surface area contributed by atoms with Crippen molar-refractivity contribution >= 4 is 5.97 Å². The Kier molecular flexibility index (Phi) is 5.80. The van der Waals surface area contributed by atoms with Crippen LogP contribution in [0.1, 0.15) is 23.1 Å². The summed E-state index contributed by atoms with van der Waals surface area (Å²) in [4.78, 5) is 15.8. The Balaban J connectivity index is 2.45. The van der Waals surface area contributed by atoms with Gasteiger partial charge in [0.25, 0.3) is 0 Å². The van der Waals surface area contributed by atoms with E-state index in [-0.39, 0.29) is 28.5 Å². The van der Waals surface area contributed by atoms with Crippen LogP contribution in [0.3, 0.4) is 0 Å². The third-order valence-corrected chi connectivity index (χ3v) is 3.41. The van der Waals surface area contributed by atoms with Gasteiger partial charge in [0.15, 0.2) is 24.6 Å². The van der Waals surface area contributed by atoms with Crippen molar-refractivity contribution in [2.75, 3.05) is 7.11 Å². The minimum absolute atomic E-state index is 0.0210. The Bertz CT molecular complexity index is 770. The summed E-state index contributed by atoms with van der Waals surface area (Å²) >= 11 is 0. The summed E-state index contributed by atoms with van der Waals surface area (Å²) in [5.41, 5.74) is -0.0671. The summed E-state index contributed by atoms with van der Waals surface area (Å²) in [5, 5.41) is 12.9. The van der Waals surface area contributed by atoms with Gasteiger partial charge >= 0.3 is 12.1 Å². The number of ether oxygens (including phenoxy) is 2. The molecular formula is C15H15F4N3O4. The second-order valence-electron chi connectivity index (χ2n) is 5.13. The number of hydrogen-bond donors (Lipinski definition) is 1. The number of benzene rings is 1. The standard InChI is InChI=1S/C15H15F4N3O4/c1-8(15(17,18)19)26-11-4-3-9(5-10(11)14(24)25-2)13-20-12(6-23)22(7-16)21-13/h3-5,8,23H,6-7H2,1-2H3/t8-/m0/s1. The quantitative estimate of drug-likeness (QED) is 0.615. The number of nitrogens with zero attached hydrogens (tertiary/aromatic N) is 3. The molecule has 0 amide bonds. The molecule has 2 aromatic rings. The smallest absolute Gasteiger partial charge is 0.425 e. The lowest BCUT2D eigenvalue weighted by atomic mass is 10.1. The molecule has 1 aromatic carbocycles. The van der Waals surface area contributed by atoms with Gasteiger partial charge in [-0.1, -0.05) is 0 Å². The van der Waals surface area contributed by atoms with Gasteiger partial charge in [0.05, 0.1) is 7.11 Å². The summed E-state index contributed by atoms with van der Waals surface area (Å²) in [6, 6.07) is 3.62. The van der Waals surface area contributed by atoms with E-state index in [4.69, 9.17) is 9.84 Å². The van der Waals surface area contributed by atoms with Crippen molar-refractivity contribution in [2.24, 2.45) is 0 Å². The van der Waals surface area contributed by atoms with Gasteiger partial charge in [0.1, 0.15) is 17.9 Å². The molecule has 1 atom stereocenters. The summed E-state index contributed by atoms with van der Waals surface area (Å²) in [5.74, 6) is -1.33. The fourth-order valence-electron chi connectivity index (χ4n) is 2.01. The Morgan fingerprint density at radius 3 is 2.58 bits per heavy atom. The lowest BCUT2D eigenvalue weighted by Crippen LogP contribution is -2.31. The molecule has 26 heavy (non-hydrogen) atoms. The number of alkyl halides is 4. The summed E-state index contributed by atoms with van der Waals surface area (Å²) in [7, 11) is 1.06. The first-order valence-electron chi connectivity index (χ1n) is 7.28. The number of esters is 1. The van der Waals surface area contributed by atoms with Gasteiger partial charge < -0.3 is 14.6 Å². The van der Waals surface area contributed by atoms with E-state index in [2.05, 4.69) is 14.8 Å². The van der Waals surface area contributed by atoms with Gasteiger partial charge in [-0.05, 0) is 25.1 Å². The van der Waals surface area contributed by atoms with Crippen LogP contribution in [0.15, 0.2) is 18.2 Å². The second kappa shape index (κ2) is 7.68. The Labute approximate surface area is 145 Å². The second-order valence-corrected chi connectivity index (χ2v) is 5.13. The SMILES string of the molecule is COC(=O)c1cc(-c2nc(CO)n(CF)n2)ccc1O[C@@H](C)C(F)(F)F. The maximum atomic E-state index is 12.8. The van der Waals surface area contributed by atoms with Crippen molar-refractivity contribution in [3.05, 3.63) is 29.6 Å². The highest BCUT2D eigenvalue weighted by Crippen LogP contribution is 2.30. The summed E-state index contributed by atoms with van der Waals surface area (Å²) in [6.45, 7) is -0.797. The fourth-order valence-corrected chi connectivity index (χ4v) is 2.01. The minimum atomic E-state index is -4.62. The predicted octanol–water partition coefficient (Wildman–Crippen LogP) is 2.48. The topological polar surface area (TPSA) is 86.5 Å². The van der Waals surface area contributed by atoms with E-state index < -0.39 is 31.7 Å². The van der Waals surface area contributed by atoms with E-state index in [1.54, 1.807) is 0 Å². The molecule has 2 rings (SSSR count). The van der Waals surface area contributed by atoms with Crippen LogP contribution in [0.2, 0.25) is 0 Å². The molecular weight excluding hydrogens is 362 g/mol. The predicted molar refractivity (Wildman–Crippen MR) is 80.0 cm³/mol. The molecule has 7 nitrogen and oxygen atoms in total. The molecule has 0 bridgehead atoms. The van der Waals surface area contributed by atoms with Crippen LogP contribution in [0.5, 0.6) is 5.75 Å². The molecule has 0 aliphatic carbocycles. The lowest BCUT2D eigenvalue weighted by molar-refractivity contribution is -0.189. The number of aromatic nitrogens is 3. The molecule has 0 aliphatic rings. The average Bonchev–Trinajstić information content (AvgIpc) is 3.03. The van der Waals surface area contributed by atoms with Crippen molar-refractivity contribution in [1.82, 2.24) is 14.8 Å². The molecule has 0 radical (unpaired) electrons. The van der Waals surface area contributed by atoms with Gasteiger partial charge in [0.2, 0.25) is 0 Å². The van der Waals surface area contributed by atoms with Crippen LogP contribution in [-0.2, 0) is 18.1 Å². The number of carbonyl (C=O) groups is 1. The summed E-state index contributed by atoms with van der Waals surface area (Å²) < 4.78 is 61.1. The Morgan fingerprint density at radius 2 is 2.08 bits per heavy atom. The van der Waals surface area contributed by atoms with Crippen molar-refractivity contribution in [1.29, 1.82) is 0 Å². The van der Waals surface area contributed by atoms with Gasteiger partial charge in [-0.2, -0.15) is 13.2 Å². The first kappa shape index (κ1) is 19.6. The molecule has 0 saturated heterocycles. The van der Waals surface area contributed by atoms with Crippen LogP contribution < -0.4 is 4.74 Å². The van der Waals surface area contributed by atoms with Crippen molar-refractivity contribution in [3.8, 4) is 17.1 Å². The van der Waals surface area contributed by atoms with Crippen molar-refractivity contribution in [3.63, 3.8) is 0 Å². The molecule has 1 aromatic heterocycles. The zero-order valence-electron chi connectivity index (χ0n) is 13.7. The first-order chi connectivity index (χ1) is 12.2. The molecule has 142 valence electrons. The number of aliphatic hydroxyl groups is 1. The number of aliphatic hydroxyl groups excluding tert-OH is 1. The fraction of sp³-hybridized carbons (Fsp3) is 0.400. The highest BCUT2D eigenvalue weighted by atomic mass is 19.4. The molecule has 1 N–H and O–H groups in total. The molecule has 11 heteroatoms. The third-order valence-electron chi connectivity index (χ3n) is 3.41. The van der Waals surface area contributed by atoms with Crippen LogP contribution in [0.25, 0.3) is 11.4 Å². The van der Waals surface area contributed by atoms with Gasteiger partial charge in [-0.15, -0.1) is 5.10 Å². The zero-order chi connectivity index (χ0) is 19.5. The van der Waals surface area contributed by atoms with Gasteiger partial charge in [-0.25, -0.2) is 18.9 Å². The van der Waals surface area contributed by atoms with Crippen molar-refractivity contribution in [2.45, 2.75) is 32.6 Å². The minimum Gasteiger partial charge on any atom is -0.480 e. The average molecular weight is 377 g/mol. The van der Waals surface area contributed by atoms with E-state index in [1.165, 1.54) is 12.1 Å². The monoisotopic (exact) mass is 377 g/mol. The van der Waals surface area contributed by atoms with E-state index in [0.717, 1.165) is 24.8 Å². The first-order valence-corrected chi connectivity index (χ1v) is 7.28. The molecule has 0 unspecified atom stereocenters. The van der Waals surface area contributed by atoms with Gasteiger partial charge in [0, 0.05) is 5.56 Å². The van der Waals surface area contributed by atoms with E-state index in [1.807, 2.05) is 0 Å². The Hall–Kier alpha value is -2.69. The van der Waals surface area contributed by atoms with E-state index in [9.17, 15) is 22.4 Å². The molecule has 0 spiro atoms. The molecule has 0 fully saturated rings. The largest absolute Gasteiger partial charge is 0.480 e. The number of rotatable bonds is 6. The van der Waals surface area contributed by atoms with E-state index in [0.29, 0.717) is 0 Å². The van der Waals surface area contributed by atoms with Crippen LogP contribution >= 0.6 is 0 Å². The highest BCUT2D eigenvalue weighted by molar-refractivity contribution is 5.93. The van der Waals surface area contributed by atoms with Gasteiger partial charge in [-0.3, -0.25) is 0 Å². The number of carbonyl (C=O) groups excluding carboxylic acids is 1. The molecule has 0 aliphatic heterocycles.